The lowest BCUT2D eigenvalue weighted by Gasteiger charge is -2.00. The molecule has 2 aromatic rings. The molecule has 0 saturated carbocycles. The van der Waals surface area contributed by atoms with Gasteiger partial charge in [0.1, 0.15) is 5.01 Å². The number of rotatable bonds is 2. The first-order valence-corrected chi connectivity index (χ1v) is 4.70. The van der Waals surface area contributed by atoms with Gasteiger partial charge in [0.15, 0.2) is 0 Å². The van der Waals surface area contributed by atoms with Crippen LogP contribution in [0.3, 0.4) is 0 Å². The van der Waals surface area contributed by atoms with Gasteiger partial charge in [0.05, 0.1) is 29.1 Å². The molecule has 0 saturated heterocycles. The number of nitrogens with zero attached hydrogens (tertiary/aromatic N) is 2. The van der Waals surface area contributed by atoms with E-state index < -0.39 is 0 Å². The van der Waals surface area contributed by atoms with E-state index in [0.29, 0.717) is 0 Å². The summed E-state index contributed by atoms with van der Waals surface area (Å²) in [5, 5.41) is 9.59. The third kappa shape index (κ3) is 1.53. The second-order valence-corrected chi connectivity index (χ2v) is 3.75. The van der Waals surface area contributed by atoms with Crippen molar-refractivity contribution in [3.63, 3.8) is 0 Å². The summed E-state index contributed by atoms with van der Waals surface area (Å²) in [7, 11) is 0. The fourth-order valence-corrected chi connectivity index (χ4v) is 1.96. The Morgan fingerprint density at radius 2 is 2.46 bits per heavy atom. The number of aromatic nitrogens is 2. The van der Waals surface area contributed by atoms with Crippen molar-refractivity contribution in [3.8, 4) is 0 Å². The van der Waals surface area contributed by atoms with Gasteiger partial charge in [0.2, 0.25) is 0 Å². The van der Waals surface area contributed by atoms with Crippen LogP contribution >= 0.6 is 11.3 Å². The third-order valence-electron chi connectivity index (χ3n) is 1.72. The zero-order valence-electron chi connectivity index (χ0n) is 6.84. The molecule has 0 aliphatic rings. The minimum atomic E-state index is -0.377. The van der Waals surface area contributed by atoms with Crippen LogP contribution in [0.4, 0.5) is 0 Å². The first-order chi connectivity index (χ1) is 6.31. The molecule has 5 heteroatoms. The molecule has 0 aromatic carbocycles. The van der Waals surface area contributed by atoms with Crippen molar-refractivity contribution in [3.05, 3.63) is 23.5 Å². The molecule has 0 bridgehead atoms. The maximum absolute atomic E-state index is 8.84. The highest BCUT2D eigenvalue weighted by molar-refractivity contribution is 7.18. The second-order valence-electron chi connectivity index (χ2n) is 2.68. The summed E-state index contributed by atoms with van der Waals surface area (Å²) in [6.45, 7) is -0.0761. The smallest absolute Gasteiger partial charge is 0.113 e. The molecular weight excluding hydrogens is 186 g/mol. The largest absolute Gasteiger partial charge is 0.394 e. The highest BCUT2D eigenvalue weighted by Crippen LogP contribution is 2.23. The van der Waals surface area contributed by atoms with E-state index in [1.165, 1.54) is 11.3 Å². The third-order valence-corrected chi connectivity index (χ3v) is 2.89. The minimum absolute atomic E-state index is 0.0761. The van der Waals surface area contributed by atoms with Gasteiger partial charge in [-0.15, -0.1) is 11.3 Å². The Balaban J connectivity index is 2.49. The van der Waals surface area contributed by atoms with Gasteiger partial charge in [-0.25, -0.2) is 4.98 Å². The van der Waals surface area contributed by atoms with Crippen molar-refractivity contribution in [1.82, 2.24) is 9.97 Å². The lowest BCUT2D eigenvalue weighted by Crippen LogP contribution is -2.13. The van der Waals surface area contributed by atoms with Crippen LogP contribution in [0.25, 0.3) is 10.2 Å². The maximum atomic E-state index is 8.84. The normalized spacial score (nSPS) is 13.4. The Labute approximate surface area is 79.1 Å². The average molecular weight is 195 g/mol. The lowest BCUT2D eigenvalue weighted by atomic mass is 10.3. The minimum Gasteiger partial charge on any atom is -0.394 e. The Kier molecular flexibility index (Phi) is 2.22. The molecule has 1 unspecified atom stereocenters. The maximum Gasteiger partial charge on any atom is 0.113 e. The molecular formula is C8H9N3OS. The van der Waals surface area contributed by atoms with Crippen LogP contribution in [-0.2, 0) is 0 Å². The molecule has 0 fully saturated rings. The van der Waals surface area contributed by atoms with E-state index in [1.54, 1.807) is 12.4 Å². The van der Waals surface area contributed by atoms with Gasteiger partial charge >= 0.3 is 0 Å². The standard InChI is InChI=1S/C8H9N3OS/c9-5(4-12)8-11-6-3-10-2-1-7(6)13-8/h1-3,5,12H,4,9H2. The highest BCUT2D eigenvalue weighted by Gasteiger charge is 2.10. The van der Waals surface area contributed by atoms with Crippen LogP contribution in [0, 0.1) is 0 Å². The monoisotopic (exact) mass is 195 g/mol. The molecule has 2 aromatic heterocycles. The van der Waals surface area contributed by atoms with Gasteiger partial charge < -0.3 is 10.8 Å². The van der Waals surface area contributed by atoms with Gasteiger partial charge in [0, 0.05) is 6.20 Å². The number of hydrogen-bond acceptors (Lipinski definition) is 5. The van der Waals surface area contributed by atoms with Crippen molar-refractivity contribution >= 4 is 21.6 Å². The topological polar surface area (TPSA) is 72.0 Å². The van der Waals surface area contributed by atoms with E-state index >= 15 is 0 Å². The fourth-order valence-electron chi connectivity index (χ4n) is 1.03. The molecule has 0 aliphatic carbocycles. The van der Waals surface area contributed by atoms with E-state index in [1.807, 2.05) is 6.07 Å². The van der Waals surface area contributed by atoms with E-state index in [2.05, 4.69) is 9.97 Å². The summed E-state index contributed by atoms with van der Waals surface area (Å²) < 4.78 is 1.05. The van der Waals surface area contributed by atoms with Crippen molar-refractivity contribution in [1.29, 1.82) is 0 Å². The Bertz CT molecular complexity index is 381. The quantitative estimate of drug-likeness (QED) is 0.739. The number of nitrogens with two attached hydrogens (primary N) is 1. The summed E-state index contributed by atoms with van der Waals surface area (Å²) in [5.74, 6) is 0. The number of pyridine rings is 1. The van der Waals surface area contributed by atoms with Crippen LogP contribution in [0.1, 0.15) is 11.0 Å². The SMILES string of the molecule is NC(CO)c1nc2cnccc2s1. The molecule has 2 rings (SSSR count). The van der Waals surface area contributed by atoms with Crippen LogP contribution in [0.15, 0.2) is 18.5 Å². The van der Waals surface area contributed by atoms with E-state index in [0.717, 1.165) is 15.2 Å². The summed E-state index contributed by atoms with van der Waals surface area (Å²) in [4.78, 5) is 8.21. The highest BCUT2D eigenvalue weighted by atomic mass is 32.1. The molecule has 0 radical (unpaired) electrons. The zero-order valence-corrected chi connectivity index (χ0v) is 7.66. The number of thiazole rings is 1. The van der Waals surface area contributed by atoms with Crippen molar-refractivity contribution in [2.45, 2.75) is 6.04 Å². The summed E-state index contributed by atoms with van der Waals surface area (Å²) in [6.07, 6.45) is 3.41. The first kappa shape index (κ1) is 8.55. The number of aliphatic hydroxyl groups excluding tert-OH is 1. The van der Waals surface area contributed by atoms with Crippen molar-refractivity contribution in [2.75, 3.05) is 6.61 Å². The molecule has 3 N–H and O–H groups in total. The molecule has 2 heterocycles. The number of hydrogen-bond donors (Lipinski definition) is 2. The van der Waals surface area contributed by atoms with Gasteiger partial charge in [-0.2, -0.15) is 0 Å². The zero-order chi connectivity index (χ0) is 9.26. The van der Waals surface area contributed by atoms with Gasteiger partial charge in [-0.05, 0) is 6.07 Å². The van der Waals surface area contributed by atoms with Gasteiger partial charge in [-0.1, -0.05) is 0 Å². The summed E-state index contributed by atoms with van der Waals surface area (Å²) in [5.41, 5.74) is 6.47. The Morgan fingerprint density at radius 1 is 1.62 bits per heavy atom. The summed E-state index contributed by atoms with van der Waals surface area (Å²) >= 11 is 1.49. The molecule has 0 amide bonds. The predicted octanol–water partition coefficient (Wildman–Crippen LogP) is 0.683. The van der Waals surface area contributed by atoms with Crippen molar-refractivity contribution in [2.24, 2.45) is 5.73 Å². The van der Waals surface area contributed by atoms with E-state index in [9.17, 15) is 0 Å². The van der Waals surface area contributed by atoms with Gasteiger partial charge in [-0.3, -0.25) is 4.98 Å². The van der Waals surface area contributed by atoms with Crippen LogP contribution in [0.5, 0.6) is 0 Å². The molecule has 0 aliphatic heterocycles. The number of fused-ring (bicyclic) bond motifs is 1. The van der Waals surface area contributed by atoms with Crippen LogP contribution in [-0.4, -0.2) is 21.7 Å². The van der Waals surface area contributed by atoms with Gasteiger partial charge in [0.25, 0.3) is 0 Å². The van der Waals surface area contributed by atoms with Crippen LogP contribution in [0.2, 0.25) is 0 Å². The predicted molar refractivity (Wildman–Crippen MR) is 51.4 cm³/mol. The molecule has 68 valence electrons. The van der Waals surface area contributed by atoms with E-state index in [4.69, 9.17) is 10.8 Å². The average Bonchev–Trinajstić information content (AvgIpc) is 2.59. The summed E-state index contributed by atoms with van der Waals surface area (Å²) in [6, 6.07) is 1.51. The molecule has 4 nitrogen and oxygen atoms in total. The second kappa shape index (κ2) is 3.37. The first-order valence-electron chi connectivity index (χ1n) is 3.88. The number of aliphatic hydroxyl groups is 1. The lowest BCUT2D eigenvalue weighted by molar-refractivity contribution is 0.268. The Hall–Kier alpha value is -1.04. The fraction of sp³-hybridized carbons (Fsp3) is 0.250. The molecule has 13 heavy (non-hydrogen) atoms. The van der Waals surface area contributed by atoms with E-state index in [-0.39, 0.29) is 12.6 Å². The Morgan fingerprint density at radius 3 is 3.15 bits per heavy atom. The molecule has 1 atom stereocenters. The van der Waals surface area contributed by atoms with Crippen LogP contribution < -0.4 is 5.73 Å². The molecule has 0 spiro atoms. The van der Waals surface area contributed by atoms with Crippen molar-refractivity contribution < 1.29 is 5.11 Å².